The average molecular weight is 352 g/mol. The summed E-state index contributed by atoms with van der Waals surface area (Å²) >= 11 is 2.02. The van der Waals surface area contributed by atoms with Crippen molar-refractivity contribution in [3.8, 4) is 0 Å². The van der Waals surface area contributed by atoms with Crippen LogP contribution in [0.25, 0.3) is 10.9 Å². The van der Waals surface area contributed by atoms with Crippen LogP contribution in [0.5, 0.6) is 0 Å². The molecule has 0 spiro atoms. The SMILES string of the molecule is O=S(=O)(OCC(F)(F)Br)c1cccc2cccnc12. The van der Waals surface area contributed by atoms with Crippen LogP contribution in [0.1, 0.15) is 0 Å². The lowest BCUT2D eigenvalue weighted by Crippen LogP contribution is -2.19. The van der Waals surface area contributed by atoms with E-state index >= 15 is 0 Å². The van der Waals surface area contributed by atoms with Gasteiger partial charge in [0.05, 0.1) is 5.52 Å². The Kier molecular flexibility index (Phi) is 3.84. The second-order valence-corrected chi connectivity index (χ2v) is 6.41. The van der Waals surface area contributed by atoms with E-state index in [0.29, 0.717) is 5.39 Å². The van der Waals surface area contributed by atoms with Crippen molar-refractivity contribution in [3.63, 3.8) is 0 Å². The Labute approximate surface area is 116 Å². The molecule has 0 unspecified atom stereocenters. The van der Waals surface area contributed by atoms with Crippen molar-refractivity contribution in [2.24, 2.45) is 0 Å². The molecule has 19 heavy (non-hydrogen) atoms. The van der Waals surface area contributed by atoms with Crippen LogP contribution < -0.4 is 0 Å². The Morgan fingerprint density at radius 2 is 1.95 bits per heavy atom. The van der Waals surface area contributed by atoms with E-state index in [9.17, 15) is 17.2 Å². The highest BCUT2D eigenvalue weighted by Crippen LogP contribution is 2.26. The van der Waals surface area contributed by atoms with Gasteiger partial charge in [-0.1, -0.05) is 18.2 Å². The molecule has 0 amide bonds. The second kappa shape index (κ2) is 5.10. The first-order valence-corrected chi connectivity index (χ1v) is 7.30. The zero-order valence-electron chi connectivity index (χ0n) is 9.39. The molecule has 4 nitrogen and oxygen atoms in total. The summed E-state index contributed by atoms with van der Waals surface area (Å²) in [5, 5.41) is 0.581. The number of rotatable bonds is 4. The number of alkyl halides is 3. The number of benzene rings is 1. The zero-order valence-corrected chi connectivity index (χ0v) is 11.8. The minimum absolute atomic E-state index is 0.183. The van der Waals surface area contributed by atoms with E-state index in [1.807, 2.05) is 15.9 Å². The third-order valence-corrected chi connectivity index (χ3v) is 3.77. The maximum atomic E-state index is 12.6. The number of hydrogen-bond acceptors (Lipinski definition) is 4. The predicted octanol–water partition coefficient (Wildman–Crippen LogP) is 2.93. The molecule has 0 saturated heterocycles. The Balaban J connectivity index is 2.44. The van der Waals surface area contributed by atoms with Crippen LogP contribution in [0.15, 0.2) is 41.4 Å². The lowest BCUT2D eigenvalue weighted by Gasteiger charge is -2.10. The third-order valence-electron chi connectivity index (χ3n) is 2.24. The van der Waals surface area contributed by atoms with Crippen LogP contribution in [0.2, 0.25) is 0 Å². The quantitative estimate of drug-likeness (QED) is 0.627. The van der Waals surface area contributed by atoms with Gasteiger partial charge in [0.2, 0.25) is 0 Å². The number of hydrogen-bond donors (Lipinski definition) is 0. The normalized spacial score (nSPS) is 12.8. The average Bonchev–Trinajstić information content (AvgIpc) is 2.35. The van der Waals surface area contributed by atoms with Gasteiger partial charge in [0.1, 0.15) is 11.5 Å². The fourth-order valence-electron chi connectivity index (χ4n) is 1.49. The molecule has 0 aliphatic carbocycles. The van der Waals surface area contributed by atoms with Gasteiger partial charge in [-0.2, -0.15) is 17.2 Å². The number of fused-ring (bicyclic) bond motifs is 1. The van der Waals surface area contributed by atoms with Crippen molar-refractivity contribution < 1.29 is 21.4 Å². The zero-order chi connectivity index (χ0) is 14.1. The molecule has 102 valence electrons. The predicted molar refractivity (Wildman–Crippen MR) is 68.8 cm³/mol. The van der Waals surface area contributed by atoms with Crippen LogP contribution in [0.3, 0.4) is 0 Å². The molecule has 1 aromatic carbocycles. The Hall–Kier alpha value is -1.12. The number of pyridine rings is 1. The van der Waals surface area contributed by atoms with Crippen molar-refractivity contribution in [3.05, 3.63) is 36.5 Å². The van der Waals surface area contributed by atoms with E-state index < -0.39 is 21.6 Å². The molecule has 1 heterocycles. The molecule has 2 aromatic rings. The number of aromatic nitrogens is 1. The molecule has 2 rings (SSSR count). The first-order chi connectivity index (χ1) is 8.80. The summed E-state index contributed by atoms with van der Waals surface area (Å²) < 4.78 is 53.3. The molecular formula is C11H8BrF2NO3S. The minimum Gasteiger partial charge on any atom is -0.259 e. The van der Waals surface area contributed by atoms with Crippen LogP contribution in [0, 0.1) is 0 Å². The maximum absolute atomic E-state index is 12.6. The van der Waals surface area contributed by atoms with Crippen LogP contribution in [0.4, 0.5) is 8.78 Å². The van der Waals surface area contributed by atoms with E-state index in [1.165, 1.54) is 18.3 Å². The van der Waals surface area contributed by atoms with Gasteiger partial charge < -0.3 is 0 Å². The van der Waals surface area contributed by atoms with Crippen LogP contribution >= 0.6 is 15.9 Å². The van der Waals surface area contributed by atoms with Gasteiger partial charge in [0, 0.05) is 11.6 Å². The molecule has 0 saturated carbocycles. The summed E-state index contributed by atoms with van der Waals surface area (Å²) in [5.41, 5.74) is 0.183. The van der Waals surface area contributed by atoms with E-state index in [-0.39, 0.29) is 10.4 Å². The highest BCUT2D eigenvalue weighted by molar-refractivity contribution is 9.10. The topological polar surface area (TPSA) is 56.3 Å². The highest BCUT2D eigenvalue weighted by atomic mass is 79.9. The Morgan fingerprint density at radius 3 is 2.63 bits per heavy atom. The van der Waals surface area contributed by atoms with Crippen molar-refractivity contribution in [1.29, 1.82) is 0 Å². The van der Waals surface area contributed by atoms with Crippen LogP contribution in [-0.2, 0) is 14.3 Å². The Bertz CT molecular complexity index is 695. The smallest absolute Gasteiger partial charge is 0.259 e. The highest BCUT2D eigenvalue weighted by Gasteiger charge is 2.29. The maximum Gasteiger partial charge on any atom is 0.325 e. The minimum atomic E-state index is -4.29. The largest absolute Gasteiger partial charge is 0.325 e. The van der Waals surface area contributed by atoms with Gasteiger partial charge in [-0.15, -0.1) is 0 Å². The first-order valence-electron chi connectivity index (χ1n) is 5.09. The van der Waals surface area contributed by atoms with Crippen molar-refractivity contribution in [2.45, 2.75) is 9.73 Å². The van der Waals surface area contributed by atoms with Crippen LogP contribution in [-0.4, -0.2) is 24.8 Å². The lowest BCUT2D eigenvalue weighted by atomic mass is 10.2. The summed E-state index contributed by atoms with van der Waals surface area (Å²) in [6.07, 6.45) is 1.42. The standard InChI is InChI=1S/C11H8BrF2NO3S/c12-11(13,14)7-18-19(16,17)9-5-1-3-8-4-2-6-15-10(8)9/h1-6H,7H2. The first kappa shape index (κ1) is 14.3. The van der Waals surface area contributed by atoms with E-state index in [2.05, 4.69) is 9.17 Å². The number of halogens is 3. The number of nitrogens with zero attached hydrogens (tertiary/aromatic N) is 1. The molecule has 0 aliphatic rings. The molecule has 0 aliphatic heterocycles. The summed E-state index contributed by atoms with van der Waals surface area (Å²) in [6.45, 7) is -1.28. The summed E-state index contributed by atoms with van der Waals surface area (Å²) in [6, 6.07) is 7.73. The molecule has 1 aromatic heterocycles. The van der Waals surface area contributed by atoms with Gasteiger partial charge >= 0.3 is 4.83 Å². The number of para-hydroxylation sites is 1. The molecule has 0 bridgehead atoms. The Morgan fingerprint density at radius 1 is 1.26 bits per heavy atom. The molecule has 0 fully saturated rings. The third kappa shape index (κ3) is 3.46. The van der Waals surface area contributed by atoms with Crippen molar-refractivity contribution in [1.82, 2.24) is 4.98 Å². The van der Waals surface area contributed by atoms with Gasteiger partial charge in [-0.25, -0.2) is 0 Å². The summed E-state index contributed by atoms with van der Waals surface area (Å²) in [7, 11) is -4.29. The monoisotopic (exact) mass is 351 g/mol. The fraction of sp³-hybridized carbons (Fsp3) is 0.182. The lowest BCUT2D eigenvalue weighted by molar-refractivity contribution is 0.0571. The second-order valence-electron chi connectivity index (χ2n) is 3.66. The van der Waals surface area contributed by atoms with E-state index in [0.717, 1.165) is 0 Å². The van der Waals surface area contributed by atoms with Gasteiger partial charge in [-0.3, -0.25) is 9.17 Å². The van der Waals surface area contributed by atoms with Gasteiger partial charge in [0.25, 0.3) is 10.1 Å². The molecule has 0 atom stereocenters. The summed E-state index contributed by atoms with van der Waals surface area (Å²) in [5.74, 6) is 0. The summed E-state index contributed by atoms with van der Waals surface area (Å²) in [4.78, 5) is 0.295. The molecule has 0 N–H and O–H groups in total. The van der Waals surface area contributed by atoms with E-state index in [4.69, 9.17) is 0 Å². The fourth-order valence-corrected chi connectivity index (χ4v) is 2.83. The van der Waals surface area contributed by atoms with E-state index in [1.54, 1.807) is 18.2 Å². The molecule has 8 heteroatoms. The van der Waals surface area contributed by atoms with Crippen molar-refractivity contribution in [2.75, 3.05) is 6.61 Å². The van der Waals surface area contributed by atoms with Gasteiger partial charge in [0.15, 0.2) is 0 Å². The van der Waals surface area contributed by atoms with Gasteiger partial charge in [-0.05, 0) is 28.1 Å². The van der Waals surface area contributed by atoms with Crippen molar-refractivity contribution >= 4 is 37.0 Å². The molecule has 0 radical (unpaired) electrons. The molecular weight excluding hydrogens is 344 g/mol.